The Kier molecular flexibility index (Phi) is 3.62. The first-order chi connectivity index (χ1) is 10.7. The van der Waals surface area contributed by atoms with Crippen LogP contribution in [0.3, 0.4) is 0 Å². The van der Waals surface area contributed by atoms with Crippen molar-refractivity contribution in [3.63, 3.8) is 0 Å². The van der Waals surface area contributed by atoms with E-state index in [9.17, 15) is 14.7 Å². The fourth-order valence-corrected chi connectivity index (χ4v) is 2.33. The van der Waals surface area contributed by atoms with Crippen molar-refractivity contribution >= 4 is 0 Å². The molecule has 3 aromatic rings. The van der Waals surface area contributed by atoms with Gasteiger partial charge < -0.3 is 5.11 Å². The van der Waals surface area contributed by atoms with Gasteiger partial charge in [0.1, 0.15) is 5.56 Å². The van der Waals surface area contributed by atoms with E-state index in [-0.39, 0.29) is 12.1 Å². The predicted octanol–water partition coefficient (Wildman–Crippen LogP) is 1.96. The zero-order chi connectivity index (χ0) is 15.5. The summed E-state index contributed by atoms with van der Waals surface area (Å²) in [6.07, 6.45) is 0. The predicted molar refractivity (Wildman–Crippen MR) is 84.0 cm³/mol. The third-order valence-corrected chi connectivity index (χ3v) is 3.41. The van der Waals surface area contributed by atoms with Crippen LogP contribution in [0, 0.1) is 0 Å². The zero-order valence-corrected chi connectivity index (χ0v) is 11.7. The molecule has 1 heterocycles. The number of aromatic hydroxyl groups is 1. The molecule has 0 aliphatic heterocycles. The molecule has 0 saturated carbocycles. The topological polar surface area (TPSA) is 75.1 Å². The van der Waals surface area contributed by atoms with Crippen LogP contribution in [0.2, 0.25) is 0 Å². The monoisotopic (exact) mass is 294 g/mol. The largest absolute Gasteiger partial charge is 0.494 e. The molecule has 0 aliphatic rings. The van der Waals surface area contributed by atoms with Gasteiger partial charge >= 0.3 is 5.69 Å². The molecule has 3 rings (SSSR count). The molecule has 0 aliphatic carbocycles. The molecule has 5 heteroatoms. The van der Waals surface area contributed by atoms with E-state index in [1.807, 2.05) is 36.4 Å². The summed E-state index contributed by atoms with van der Waals surface area (Å²) in [5, 5.41) is 9.95. The van der Waals surface area contributed by atoms with Crippen LogP contribution in [0.15, 0.2) is 70.3 Å². The first kappa shape index (κ1) is 13.9. The Labute approximate surface area is 126 Å². The van der Waals surface area contributed by atoms with Crippen molar-refractivity contribution in [1.29, 1.82) is 0 Å². The van der Waals surface area contributed by atoms with Crippen molar-refractivity contribution in [3.05, 3.63) is 87.1 Å². The quantitative estimate of drug-likeness (QED) is 0.775. The van der Waals surface area contributed by atoms with Crippen molar-refractivity contribution in [2.45, 2.75) is 6.54 Å². The Bertz CT molecular complexity index is 897. The Balaban J connectivity index is 2.16. The summed E-state index contributed by atoms with van der Waals surface area (Å²) in [7, 11) is 0. The van der Waals surface area contributed by atoms with E-state index in [4.69, 9.17) is 0 Å². The van der Waals surface area contributed by atoms with E-state index in [0.717, 1.165) is 10.1 Å². The fraction of sp³-hybridized carbons (Fsp3) is 0.0588. The van der Waals surface area contributed by atoms with Gasteiger partial charge in [0.15, 0.2) is 0 Å². The highest BCUT2D eigenvalue weighted by Crippen LogP contribution is 2.21. The SMILES string of the molecule is O=c1[nH]c(O)c(-c2ccccc2)c(=O)n1Cc1ccccc1. The van der Waals surface area contributed by atoms with Crippen molar-refractivity contribution < 1.29 is 5.11 Å². The molecule has 22 heavy (non-hydrogen) atoms. The van der Waals surface area contributed by atoms with Gasteiger partial charge in [-0.25, -0.2) is 4.79 Å². The second kappa shape index (κ2) is 5.73. The molecule has 0 unspecified atom stereocenters. The average molecular weight is 294 g/mol. The van der Waals surface area contributed by atoms with E-state index in [2.05, 4.69) is 4.98 Å². The molecule has 2 N–H and O–H groups in total. The van der Waals surface area contributed by atoms with Crippen LogP contribution in [0.5, 0.6) is 5.88 Å². The number of aromatic amines is 1. The fourth-order valence-electron chi connectivity index (χ4n) is 2.33. The van der Waals surface area contributed by atoms with Gasteiger partial charge in [-0.15, -0.1) is 0 Å². The van der Waals surface area contributed by atoms with Gasteiger partial charge in [0.25, 0.3) is 5.56 Å². The normalized spacial score (nSPS) is 10.5. The number of nitrogens with zero attached hydrogens (tertiary/aromatic N) is 1. The van der Waals surface area contributed by atoms with E-state index in [1.54, 1.807) is 24.3 Å². The number of hydrogen-bond acceptors (Lipinski definition) is 3. The van der Waals surface area contributed by atoms with Crippen molar-refractivity contribution in [2.24, 2.45) is 0 Å². The smallest absolute Gasteiger partial charge is 0.331 e. The molecule has 0 bridgehead atoms. The summed E-state index contributed by atoms with van der Waals surface area (Å²) in [6.45, 7) is 0.148. The molecule has 0 saturated heterocycles. The minimum Gasteiger partial charge on any atom is -0.494 e. The van der Waals surface area contributed by atoms with Gasteiger partial charge in [0, 0.05) is 0 Å². The molecule has 2 aromatic carbocycles. The zero-order valence-electron chi connectivity index (χ0n) is 11.7. The third kappa shape index (κ3) is 2.56. The van der Waals surface area contributed by atoms with Crippen LogP contribution in [-0.2, 0) is 6.54 Å². The Morgan fingerprint density at radius 1 is 0.909 bits per heavy atom. The summed E-state index contributed by atoms with van der Waals surface area (Å²) < 4.78 is 1.08. The Morgan fingerprint density at radius 3 is 2.14 bits per heavy atom. The molecule has 0 spiro atoms. The molecular formula is C17H14N2O3. The number of nitrogens with one attached hydrogen (secondary N) is 1. The molecule has 0 radical (unpaired) electrons. The number of aromatic nitrogens is 2. The summed E-state index contributed by atoms with van der Waals surface area (Å²) >= 11 is 0. The van der Waals surface area contributed by atoms with Crippen LogP contribution in [0.25, 0.3) is 11.1 Å². The molecule has 1 aromatic heterocycles. The first-order valence-corrected chi connectivity index (χ1v) is 6.82. The number of benzene rings is 2. The summed E-state index contributed by atoms with van der Waals surface area (Å²) in [6, 6.07) is 18.0. The van der Waals surface area contributed by atoms with E-state index in [1.165, 1.54) is 0 Å². The van der Waals surface area contributed by atoms with Crippen LogP contribution >= 0.6 is 0 Å². The molecule has 110 valence electrons. The Morgan fingerprint density at radius 2 is 1.50 bits per heavy atom. The Hall–Kier alpha value is -3.08. The lowest BCUT2D eigenvalue weighted by Gasteiger charge is -2.09. The van der Waals surface area contributed by atoms with Crippen LogP contribution in [-0.4, -0.2) is 14.7 Å². The molecule has 5 nitrogen and oxygen atoms in total. The van der Waals surface area contributed by atoms with Gasteiger partial charge in [-0.2, -0.15) is 0 Å². The standard InChI is InChI=1S/C17H14N2O3/c20-15-14(13-9-5-2-6-10-13)16(21)19(17(22)18-15)11-12-7-3-1-4-8-12/h1-10,20H,11H2,(H,18,22). The van der Waals surface area contributed by atoms with Crippen LogP contribution < -0.4 is 11.2 Å². The average Bonchev–Trinajstić information content (AvgIpc) is 2.53. The summed E-state index contributed by atoms with van der Waals surface area (Å²) in [5.41, 5.74) is 0.335. The van der Waals surface area contributed by atoms with Crippen molar-refractivity contribution in [1.82, 2.24) is 9.55 Å². The second-order valence-electron chi connectivity index (χ2n) is 4.90. The van der Waals surface area contributed by atoms with Gasteiger partial charge in [-0.3, -0.25) is 14.3 Å². The highest BCUT2D eigenvalue weighted by molar-refractivity contribution is 5.66. The van der Waals surface area contributed by atoms with Crippen LogP contribution in [0.1, 0.15) is 5.56 Å². The maximum atomic E-state index is 12.6. The second-order valence-corrected chi connectivity index (χ2v) is 4.90. The highest BCUT2D eigenvalue weighted by Gasteiger charge is 2.15. The van der Waals surface area contributed by atoms with Crippen molar-refractivity contribution in [3.8, 4) is 17.0 Å². The minimum atomic E-state index is -0.633. The van der Waals surface area contributed by atoms with Crippen molar-refractivity contribution in [2.75, 3.05) is 0 Å². The number of rotatable bonds is 3. The van der Waals surface area contributed by atoms with Crippen LogP contribution in [0.4, 0.5) is 0 Å². The maximum Gasteiger partial charge on any atom is 0.331 e. The molecule has 0 atom stereocenters. The summed E-state index contributed by atoms with van der Waals surface area (Å²) in [4.78, 5) is 26.9. The highest BCUT2D eigenvalue weighted by atomic mass is 16.3. The van der Waals surface area contributed by atoms with Gasteiger partial charge in [0.2, 0.25) is 5.88 Å². The lowest BCUT2D eigenvalue weighted by atomic mass is 10.1. The van der Waals surface area contributed by atoms with E-state index < -0.39 is 17.1 Å². The maximum absolute atomic E-state index is 12.6. The number of H-pyrrole nitrogens is 1. The van der Waals surface area contributed by atoms with Gasteiger partial charge in [-0.05, 0) is 11.1 Å². The third-order valence-electron chi connectivity index (χ3n) is 3.41. The summed E-state index contributed by atoms with van der Waals surface area (Å²) in [5.74, 6) is -0.412. The lowest BCUT2D eigenvalue weighted by Crippen LogP contribution is -2.36. The minimum absolute atomic E-state index is 0.0936. The van der Waals surface area contributed by atoms with Gasteiger partial charge in [0.05, 0.1) is 6.54 Å². The molecular weight excluding hydrogens is 280 g/mol. The first-order valence-electron chi connectivity index (χ1n) is 6.82. The van der Waals surface area contributed by atoms with E-state index in [0.29, 0.717) is 5.56 Å². The van der Waals surface area contributed by atoms with Gasteiger partial charge in [-0.1, -0.05) is 60.7 Å². The molecule has 0 amide bonds. The van der Waals surface area contributed by atoms with E-state index >= 15 is 0 Å². The number of hydrogen-bond donors (Lipinski definition) is 2. The molecule has 0 fully saturated rings. The lowest BCUT2D eigenvalue weighted by molar-refractivity contribution is 0.445.